The fourth-order valence-electron chi connectivity index (χ4n) is 6.31. The van der Waals surface area contributed by atoms with Crippen molar-refractivity contribution in [2.75, 3.05) is 13.1 Å². The molecule has 9 N–H and O–H groups in total. The third kappa shape index (κ3) is 12.1. The third-order valence-electron chi connectivity index (χ3n) is 9.48. The highest BCUT2D eigenvalue weighted by atomic mass is 16.4. The van der Waals surface area contributed by atoms with Gasteiger partial charge in [0, 0.05) is 13.0 Å². The van der Waals surface area contributed by atoms with Gasteiger partial charge in [0.25, 0.3) is 0 Å². The first-order valence-corrected chi connectivity index (χ1v) is 18.2. The maximum atomic E-state index is 13.9. The van der Waals surface area contributed by atoms with Gasteiger partial charge in [-0.2, -0.15) is 0 Å². The van der Waals surface area contributed by atoms with E-state index in [9.17, 15) is 53.7 Å². The number of hydrogen-bond donors (Lipinski definition) is 9. The molecule has 2 aliphatic rings. The Balaban J connectivity index is 2.07. The number of carbonyl (C=O) groups is 8. The summed E-state index contributed by atoms with van der Waals surface area (Å²) in [6, 6.07) is -2.33. The van der Waals surface area contributed by atoms with Crippen molar-refractivity contribution in [3.8, 4) is 5.75 Å². The molecule has 2 aliphatic heterocycles. The number of carboxylic acid groups (broad SMARTS) is 1. The van der Waals surface area contributed by atoms with Gasteiger partial charge in [0.05, 0.1) is 19.1 Å². The number of benzene rings is 1. The number of aliphatic carboxylic acids is 1. The number of aromatic hydroxyl groups is 1. The molecule has 0 saturated carbocycles. The highest BCUT2D eigenvalue weighted by Crippen LogP contribution is 2.21. The summed E-state index contributed by atoms with van der Waals surface area (Å²) in [5, 5.41) is 45.0. The predicted octanol–water partition coefficient (Wildman–Crippen LogP) is -1.57. The lowest BCUT2D eigenvalue weighted by atomic mass is 9.96. The van der Waals surface area contributed by atoms with E-state index in [1.807, 2.05) is 0 Å². The van der Waals surface area contributed by atoms with E-state index in [1.165, 1.54) is 36.1 Å². The lowest BCUT2D eigenvalue weighted by molar-refractivity contribution is -0.145. The Morgan fingerprint density at radius 2 is 1.41 bits per heavy atom. The van der Waals surface area contributed by atoms with Gasteiger partial charge < -0.3 is 52.1 Å². The van der Waals surface area contributed by atoms with E-state index < -0.39 is 109 Å². The van der Waals surface area contributed by atoms with Crippen LogP contribution in [0.4, 0.5) is 0 Å². The molecule has 18 heteroatoms. The third-order valence-corrected chi connectivity index (χ3v) is 9.48. The highest BCUT2D eigenvalue weighted by molar-refractivity contribution is 5.99. The van der Waals surface area contributed by atoms with E-state index in [-0.39, 0.29) is 37.5 Å². The average Bonchev–Trinajstić information content (AvgIpc) is 3.60. The second-order valence-corrected chi connectivity index (χ2v) is 14.3. The van der Waals surface area contributed by atoms with Crippen LogP contribution in [0.1, 0.15) is 72.3 Å². The zero-order valence-corrected chi connectivity index (χ0v) is 31.2. The van der Waals surface area contributed by atoms with Crippen molar-refractivity contribution in [2.24, 2.45) is 11.8 Å². The minimum atomic E-state index is -1.66. The van der Waals surface area contributed by atoms with Crippen LogP contribution in [0.5, 0.6) is 5.75 Å². The van der Waals surface area contributed by atoms with Gasteiger partial charge in [0.1, 0.15) is 42.0 Å². The van der Waals surface area contributed by atoms with Gasteiger partial charge in [0.2, 0.25) is 41.4 Å². The van der Waals surface area contributed by atoms with Gasteiger partial charge in [-0.15, -0.1) is 0 Å². The Morgan fingerprint density at radius 1 is 0.796 bits per heavy atom. The minimum Gasteiger partial charge on any atom is -0.508 e. The number of rotatable bonds is 9. The van der Waals surface area contributed by atoms with Crippen LogP contribution in [0.15, 0.2) is 24.3 Å². The monoisotopic (exact) mass is 759 g/mol. The zero-order chi connectivity index (χ0) is 40.3. The number of phenolic OH excluding ortho intramolecular Hbond substituents is 1. The molecule has 18 nitrogen and oxygen atoms in total. The summed E-state index contributed by atoms with van der Waals surface area (Å²) in [7, 11) is 0. The fourth-order valence-corrected chi connectivity index (χ4v) is 6.31. The molecular formula is C36H53N7O11. The number of fused-ring (bicyclic) bond motifs is 1. The molecule has 54 heavy (non-hydrogen) atoms. The van der Waals surface area contributed by atoms with Crippen molar-refractivity contribution >= 4 is 47.3 Å². The van der Waals surface area contributed by atoms with E-state index in [1.54, 1.807) is 27.7 Å². The number of nitrogens with zero attached hydrogens (tertiary/aromatic N) is 1. The van der Waals surface area contributed by atoms with Crippen LogP contribution >= 0.6 is 0 Å². The molecule has 7 amide bonds. The summed E-state index contributed by atoms with van der Waals surface area (Å²) in [5.74, 6) is -8.00. The van der Waals surface area contributed by atoms with E-state index in [4.69, 9.17) is 0 Å². The van der Waals surface area contributed by atoms with Gasteiger partial charge in [-0.3, -0.25) is 38.4 Å². The summed E-state index contributed by atoms with van der Waals surface area (Å²) in [6.45, 7) is 7.68. The predicted molar refractivity (Wildman–Crippen MR) is 192 cm³/mol. The summed E-state index contributed by atoms with van der Waals surface area (Å²) in [4.78, 5) is 108. The van der Waals surface area contributed by atoms with Crippen LogP contribution in [0.3, 0.4) is 0 Å². The van der Waals surface area contributed by atoms with Crippen LogP contribution in [0, 0.1) is 11.8 Å². The number of amides is 7. The van der Waals surface area contributed by atoms with E-state index >= 15 is 0 Å². The molecule has 1 aromatic rings. The number of hydrogen-bond acceptors (Lipinski definition) is 10. The van der Waals surface area contributed by atoms with Crippen molar-refractivity contribution < 1.29 is 53.7 Å². The Labute approximate surface area is 313 Å². The van der Waals surface area contributed by atoms with E-state index in [0.29, 0.717) is 18.4 Å². The first-order valence-electron chi connectivity index (χ1n) is 18.2. The number of nitrogens with one attached hydrogen (secondary N) is 6. The van der Waals surface area contributed by atoms with Crippen LogP contribution < -0.4 is 31.9 Å². The lowest BCUT2D eigenvalue weighted by Gasteiger charge is -2.33. The molecule has 0 radical (unpaired) electrons. The molecule has 298 valence electrons. The molecule has 2 fully saturated rings. The molecule has 0 unspecified atom stereocenters. The van der Waals surface area contributed by atoms with E-state index in [2.05, 4.69) is 31.9 Å². The van der Waals surface area contributed by atoms with Crippen LogP contribution in [0.2, 0.25) is 0 Å². The summed E-state index contributed by atoms with van der Waals surface area (Å²) < 4.78 is 0. The lowest BCUT2D eigenvalue weighted by Crippen LogP contribution is -2.62. The largest absolute Gasteiger partial charge is 0.508 e. The Morgan fingerprint density at radius 3 is 2.00 bits per heavy atom. The number of carbonyl (C=O) groups excluding carboxylic acids is 7. The zero-order valence-electron chi connectivity index (χ0n) is 31.2. The molecule has 3 rings (SSSR count). The molecule has 2 heterocycles. The smallest absolute Gasteiger partial charge is 0.305 e. The van der Waals surface area contributed by atoms with Crippen molar-refractivity contribution in [2.45, 2.75) is 115 Å². The second kappa shape index (κ2) is 19.7. The number of aliphatic hydroxyl groups excluding tert-OH is 1. The Hall–Kier alpha value is -5.26. The maximum absolute atomic E-state index is 13.9. The normalized spacial score (nSPS) is 26.6. The quantitative estimate of drug-likeness (QED) is 0.139. The van der Waals surface area contributed by atoms with Crippen molar-refractivity contribution in [3.05, 3.63) is 29.8 Å². The van der Waals surface area contributed by atoms with Gasteiger partial charge >= 0.3 is 5.97 Å². The molecule has 0 aromatic heterocycles. The Kier molecular flexibility index (Phi) is 15.7. The van der Waals surface area contributed by atoms with Crippen molar-refractivity contribution in [3.63, 3.8) is 0 Å². The highest BCUT2D eigenvalue weighted by Gasteiger charge is 2.42. The summed E-state index contributed by atoms with van der Waals surface area (Å²) in [5.41, 5.74) is 0.510. The average molecular weight is 760 g/mol. The number of aliphatic hydroxyl groups is 1. The molecule has 0 bridgehead atoms. The number of carboxylic acids is 1. The molecule has 2 saturated heterocycles. The second-order valence-electron chi connectivity index (χ2n) is 14.3. The Bertz CT molecular complexity index is 1550. The number of phenols is 1. The van der Waals surface area contributed by atoms with E-state index in [0.717, 1.165) is 0 Å². The van der Waals surface area contributed by atoms with Crippen LogP contribution in [-0.4, -0.2) is 123 Å². The van der Waals surface area contributed by atoms with Crippen molar-refractivity contribution in [1.82, 2.24) is 36.8 Å². The van der Waals surface area contributed by atoms with Crippen molar-refractivity contribution in [1.29, 1.82) is 0 Å². The maximum Gasteiger partial charge on any atom is 0.305 e. The standard InChI is InChI=1S/C36H53N7O11/c1-6-19(4)29-35(53)42-30(20(5)44)36(54)43-13-7-8-26(43)34(52)40-23(14-18(2)3)32(50)39-25(16-28(47)48)31(49)37-17-27(46)38-24(33(51)41-29)15-21-9-11-22(45)12-10-21/h9-12,18-20,23-26,29-30,44-45H,6-8,13-17H2,1-5H3,(H,37,49)(H,38,46)(H,39,50)(H,40,52)(H,41,51)(H,42,53)(H,47,48)/t19-,20+,23-,24-,25-,26-,29-,30-/m0/s1. The van der Waals surface area contributed by atoms with Gasteiger partial charge in [0.15, 0.2) is 0 Å². The topological polar surface area (TPSA) is 273 Å². The summed E-state index contributed by atoms with van der Waals surface area (Å²) in [6.07, 6.45) is -1.35. The minimum absolute atomic E-state index is 0.0449. The first kappa shape index (κ1) is 43.1. The van der Waals surface area contributed by atoms with Crippen LogP contribution in [-0.2, 0) is 44.8 Å². The van der Waals surface area contributed by atoms with Gasteiger partial charge in [-0.25, -0.2) is 0 Å². The van der Waals surface area contributed by atoms with Gasteiger partial charge in [-0.05, 0) is 55.7 Å². The molecule has 1 aromatic carbocycles. The SMILES string of the molecule is CC[C@H](C)[C@@H]1NC(=O)[C@H](Cc2ccc(O)cc2)NC(=O)CNC(=O)[C@H](CC(=O)O)NC(=O)[C@H](CC(C)C)NC(=O)[C@@H]2CCCN2C(=O)[C@H]([C@@H](C)O)NC1=O. The molecule has 8 atom stereocenters. The molecular weight excluding hydrogens is 706 g/mol. The fraction of sp³-hybridized carbons (Fsp3) is 0.611. The summed E-state index contributed by atoms with van der Waals surface area (Å²) >= 11 is 0. The molecule has 0 aliphatic carbocycles. The first-order chi connectivity index (χ1) is 25.4. The van der Waals surface area contributed by atoms with Gasteiger partial charge in [-0.1, -0.05) is 46.2 Å². The molecule has 0 spiro atoms. The van der Waals surface area contributed by atoms with Crippen LogP contribution in [0.25, 0.3) is 0 Å².